The summed E-state index contributed by atoms with van der Waals surface area (Å²) < 4.78 is 53.1. The van der Waals surface area contributed by atoms with Crippen molar-refractivity contribution in [2.45, 2.75) is 19.0 Å². The average Bonchev–Trinajstić information content (AvgIpc) is 3.39. The molecule has 0 aliphatic heterocycles. The van der Waals surface area contributed by atoms with Gasteiger partial charge in [-0.3, -0.25) is 9.89 Å². The SMILES string of the molecule is O=c1c(CCc2ccc(F)cc2)c(-c2cnc(C(F)(F)F)nc2)[nH]n1-c1nc2ccccc2[nH]1. The molecule has 34 heavy (non-hydrogen) atoms. The van der Waals surface area contributed by atoms with Crippen LogP contribution >= 0.6 is 0 Å². The lowest BCUT2D eigenvalue weighted by Gasteiger charge is -2.06. The van der Waals surface area contributed by atoms with Crippen LogP contribution in [0.1, 0.15) is 17.0 Å². The van der Waals surface area contributed by atoms with Gasteiger partial charge in [-0.25, -0.2) is 19.3 Å². The Kier molecular flexibility index (Phi) is 5.23. The number of aryl methyl sites for hydroxylation is 1. The van der Waals surface area contributed by atoms with E-state index in [1.807, 2.05) is 12.1 Å². The van der Waals surface area contributed by atoms with Crippen LogP contribution in [0.25, 0.3) is 28.2 Å². The van der Waals surface area contributed by atoms with Crippen LogP contribution in [-0.4, -0.2) is 29.7 Å². The Balaban J connectivity index is 1.58. The maximum atomic E-state index is 13.3. The molecule has 5 rings (SSSR count). The molecule has 3 aromatic heterocycles. The fourth-order valence-electron chi connectivity index (χ4n) is 3.66. The molecule has 5 aromatic rings. The lowest BCUT2D eigenvalue weighted by Crippen LogP contribution is -2.18. The first-order valence-electron chi connectivity index (χ1n) is 10.2. The van der Waals surface area contributed by atoms with Gasteiger partial charge in [0.05, 0.1) is 16.7 Å². The third-order valence-corrected chi connectivity index (χ3v) is 5.35. The van der Waals surface area contributed by atoms with E-state index in [2.05, 4.69) is 25.0 Å². The molecule has 0 spiro atoms. The van der Waals surface area contributed by atoms with Gasteiger partial charge in [-0.1, -0.05) is 24.3 Å². The number of aromatic nitrogens is 6. The molecule has 7 nitrogen and oxygen atoms in total. The van der Waals surface area contributed by atoms with E-state index in [1.165, 1.54) is 16.8 Å². The molecule has 0 atom stereocenters. The molecule has 0 bridgehead atoms. The maximum Gasteiger partial charge on any atom is 0.451 e. The van der Waals surface area contributed by atoms with E-state index in [0.29, 0.717) is 23.0 Å². The zero-order chi connectivity index (χ0) is 23.9. The second kappa shape index (κ2) is 8.25. The second-order valence-corrected chi connectivity index (χ2v) is 7.60. The van der Waals surface area contributed by atoms with Crippen molar-refractivity contribution < 1.29 is 17.6 Å². The fraction of sp³-hybridized carbons (Fsp3) is 0.130. The summed E-state index contributed by atoms with van der Waals surface area (Å²) in [6, 6.07) is 13.1. The number of imidazole rings is 1. The van der Waals surface area contributed by atoms with Gasteiger partial charge in [0, 0.05) is 23.5 Å². The number of hydrogen-bond acceptors (Lipinski definition) is 4. The van der Waals surface area contributed by atoms with Gasteiger partial charge in [0.15, 0.2) is 0 Å². The highest BCUT2D eigenvalue weighted by Gasteiger charge is 2.34. The molecule has 0 aliphatic rings. The number of alkyl halides is 3. The first kappa shape index (κ1) is 21.6. The van der Waals surface area contributed by atoms with Crippen molar-refractivity contribution in [1.29, 1.82) is 0 Å². The van der Waals surface area contributed by atoms with Crippen LogP contribution in [0.15, 0.2) is 65.7 Å². The summed E-state index contributed by atoms with van der Waals surface area (Å²) in [6.45, 7) is 0. The fourth-order valence-corrected chi connectivity index (χ4v) is 3.66. The van der Waals surface area contributed by atoms with Gasteiger partial charge in [0.25, 0.3) is 5.56 Å². The van der Waals surface area contributed by atoms with E-state index in [-0.39, 0.29) is 29.4 Å². The molecule has 2 N–H and O–H groups in total. The van der Waals surface area contributed by atoms with Crippen LogP contribution < -0.4 is 5.56 Å². The number of nitrogens with zero attached hydrogens (tertiary/aromatic N) is 4. The van der Waals surface area contributed by atoms with Gasteiger partial charge < -0.3 is 4.98 Å². The lowest BCUT2D eigenvalue weighted by atomic mass is 10.0. The number of halogens is 4. The van der Waals surface area contributed by atoms with Crippen LogP contribution in [-0.2, 0) is 19.0 Å². The van der Waals surface area contributed by atoms with Crippen LogP contribution in [0.5, 0.6) is 0 Å². The lowest BCUT2D eigenvalue weighted by molar-refractivity contribution is -0.144. The van der Waals surface area contributed by atoms with Gasteiger partial charge in [-0.2, -0.15) is 17.9 Å². The number of para-hydroxylation sites is 2. The minimum absolute atomic E-state index is 0.217. The normalized spacial score (nSPS) is 11.9. The minimum atomic E-state index is -4.68. The van der Waals surface area contributed by atoms with E-state index in [9.17, 15) is 22.4 Å². The highest BCUT2D eigenvalue weighted by Crippen LogP contribution is 2.27. The standard InChI is InChI=1S/C23H16F4N6O/c24-15-8-5-13(6-9-15)7-10-16-19(14-11-28-21(29-12-14)23(25,26)27)32-33(20(16)34)22-30-17-3-1-2-4-18(17)31-22/h1-6,8-9,11-12,32H,7,10H2,(H,30,31). The second-order valence-electron chi connectivity index (χ2n) is 7.60. The van der Waals surface area contributed by atoms with E-state index in [4.69, 9.17) is 0 Å². The zero-order valence-electron chi connectivity index (χ0n) is 17.4. The van der Waals surface area contributed by atoms with Crippen LogP contribution in [0, 0.1) is 5.82 Å². The summed E-state index contributed by atoms with van der Waals surface area (Å²) in [5.74, 6) is -1.42. The molecule has 11 heteroatoms. The number of nitrogens with one attached hydrogen (secondary N) is 2. The molecule has 0 saturated carbocycles. The molecular formula is C23H16F4N6O. The summed E-state index contributed by atoms with van der Waals surface area (Å²) in [5, 5.41) is 2.94. The molecule has 172 valence electrons. The van der Waals surface area contributed by atoms with Gasteiger partial charge >= 0.3 is 6.18 Å². The first-order chi connectivity index (χ1) is 16.3. The number of H-pyrrole nitrogens is 2. The molecular weight excluding hydrogens is 452 g/mol. The van der Waals surface area contributed by atoms with Gasteiger partial charge in [0.2, 0.25) is 11.8 Å². The molecule has 2 aromatic carbocycles. The molecule has 0 radical (unpaired) electrons. The van der Waals surface area contributed by atoms with Crippen molar-refractivity contribution in [3.63, 3.8) is 0 Å². The third-order valence-electron chi connectivity index (χ3n) is 5.35. The smallest absolute Gasteiger partial charge is 0.322 e. The maximum absolute atomic E-state index is 13.3. The quantitative estimate of drug-likeness (QED) is 0.373. The Morgan fingerprint density at radius 3 is 2.32 bits per heavy atom. The molecule has 0 saturated heterocycles. The van der Waals surface area contributed by atoms with E-state index >= 15 is 0 Å². The molecule has 0 fully saturated rings. The Morgan fingerprint density at radius 2 is 1.65 bits per heavy atom. The van der Waals surface area contributed by atoms with Crippen molar-refractivity contribution in [2.24, 2.45) is 0 Å². The third kappa shape index (κ3) is 4.07. The van der Waals surface area contributed by atoms with Crippen molar-refractivity contribution >= 4 is 11.0 Å². The molecule has 0 aliphatic carbocycles. The van der Waals surface area contributed by atoms with E-state index in [1.54, 1.807) is 24.3 Å². The summed E-state index contributed by atoms with van der Waals surface area (Å²) in [6.07, 6.45) is -2.00. The van der Waals surface area contributed by atoms with Crippen molar-refractivity contribution in [3.05, 3.63) is 94.0 Å². The average molecular weight is 468 g/mol. The summed E-state index contributed by atoms with van der Waals surface area (Å²) in [4.78, 5) is 27.6. The number of fused-ring (bicyclic) bond motifs is 1. The highest BCUT2D eigenvalue weighted by molar-refractivity contribution is 5.76. The molecule has 0 amide bonds. The van der Waals surface area contributed by atoms with Crippen LogP contribution in [0.4, 0.5) is 17.6 Å². The predicted octanol–water partition coefficient (Wildman–Crippen LogP) is 4.44. The van der Waals surface area contributed by atoms with Crippen molar-refractivity contribution in [1.82, 2.24) is 29.7 Å². The van der Waals surface area contributed by atoms with Gasteiger partial charge in [-0.15, -0.1) is 0 Å². The van der Waals surface area contributed by atoms with E-state index in [0.717, 1.165) is 18.0 Å². The minimum Gasteiger partial charge on any atom is -0.322 e. The van der Waals surface area contributed by atoms with Gasteiger partial charge in [-0.05, 0) is 42.7 Å². The zero-order valence-corrected chi connectivity index (χ0v) is 17.4. The first-order valence-corrected chi connectivity index (χ1v) is 10.2. The monoisotopic (exact) mass is 468 g/mol. The Hall–Kier alpha value is -4.28. The summed E-state index contributed by atoms with van der Waals surface area (Å²) in [7, 11) is 0. The van der Waals surface area contributed by atoms with Crippen molar-refractivity contribution in [2.75, 3.05) is 0 Å². The summed E-state index contributed by atoms with van der Waals surface area (Å²) >= 11 is 0. The Morgan fingerprint density at radius 1 is 0.941 bits per heavy atom. The van der Waals surface area contributed by atoms with Crippen LogP contribution in [0.3, 0.4) is 0 Å². The predicted molar refractivity (Wildman–Crippen MR) is 116 cm³/mol. The number of rotatable bonds is 5. The number of hydrogen-bond donors (Lipinski definition) is 2. The molecule has 0 unspecified atom stereocenters. The van der Waals surface area contributed by atoms with Gasteiger partial charge in [0.1, 0.15) is 5.82 Å². The summed E-state index contributed by atoms with van der Waals surface area (Å²) in [5.41, 5.74) is 2.55. The Labute approximate surface area is 189 Å². The van der Waals surface area contributed by atoms with E-state index < -0.39 is 17.6 Å². The largest absolute Gasteiger partial charge is 0.451 e. The Bertz CT molecular complexity index is 1480. The number of benzene rings is 2. The molecule has 3 heterocycles. The van der Waals surface area contributed by atoms with Crippen LogP contribution in [0.2, 0.25) is 0 Å². The van der Waals surface area contributed by atoms with Crippen molar-refractivity contribution in [3.8, 4) is 17.2 Å². The topological polar surface area (TPSA) is 92.2 Å². The highest BCUT2D eigenvalue weighted by atomic mass is 19.4. The number of aromatic amines is 2.